The molecule has 1 saturated carbocycles. The fraction of sp³-hybridized carbons (Fsp3) is 0.464. The van der Waals surface area contributed by atoms with Crippen LogP contribution in [-0.2, 0) is 32.9 Å². The van der Waals surface area contributed by atoms with Crippen molar-refractivity contribution in [2.24, 2.45) is 5.41 Å². The normalized spacial score (nSPS) is 17.5. The summed E-state index contributed by atoms with van der Waals surface area (Å²) in [6.45, 7) is 5.08. The van der Waals surface area contributed by atoms with E-state index in [4.69, 9.17) is 14.2 Å². The van der Waals surface area contributed by atoms with Crippen molar-refractivity contribution >= 4 is 18.0 Å². The third-order valence-electron chi connectivity index (χ3n) is 7.57. The summed E-state index contributed by atoms with van der Waals surface area (Å²) in [5.74, 6) is -1.56. The molecular weight excluding hydrogens is 478 g/mol. The molecule has 0 saturated heterocycles. The molecule has 37 heavy (non-hydrogen) atoms. The Morgan fingerprint density at radius 1 is 0.892 bits per heavy atom. The van der Waals surface area contributed by atoms with E-state index in [9.17, 15) is 24.6 Å². The second-order valence-corrected chi connectivity index (χ2v) is 9.49. The van der Waals surface area contributed by atoms with Gasteiger partial charge < -0.3 is 24.4 Å². The van der Waals surface area contributed by atoms with E-state index in [0.29, 0.717) is 37.7 Å². The average molecular weight is 512 g/mol. The third-order valence-corrected chi connectivity index (χ3v) is 7.57. The number of benzene rings is 2. The molecule has 1 aliphatic carbocycles. The van der Waals surface area contributed by atoms with E-state index in [1.54, 1.807) is 4.90 Å². The van der Waals surface area contributed by atoms with Crippen LogP contribution >= 0.6 is 0 Å². The lowest BCUT2D eigenvalue weighted by atomic mass is 9.62. The van der Waals surface area contributed by atoms with E-state index in [1.165, 1.54) is 0 Å². The van der Waals surface area contributed by atoms with Gasteiger partial charge in [0.25, 0.3) is 0 Å². The van der Waals surface area contributed by atoms with Gasteiger partial charge in [0.05, 0.1) is 18.8 Å². The Kier molecular flexibility index (Phi) is 7.61. The van der Waals surface area contributed by atoms with Crippen molar-refractivity contribution in [1.29, 1.82) is 0 Å². The van der Waals surface area contributed by atoms with Crippen LogP contribution in [-0.4, -0.2) is 52.9 Å². The van der Waals surface area contributed by atoms with Crippen LogP contribution in [0.5, 0.6) is 11.5 Å². The van der Waals surface area contributed by atoms with Gasteiger partial charge in [-0.05, 0) is 74.8 Å². The first-order valence-electron chi connectivity index (χ1n) is 12.7. The first kappa shape index (κ1) is 26.3. The SMILES string of the molecule is CCOc1cc2c(cc1OCC)C1(CCC(C(=O)O)(C(=O)O)CC1)N(C(=O)OCc1ccccc1)CC2. The summed E-state index contributed by atoms with van der Waals surface area (Å²) in [5.41, 5.74) is -0.173. The Bertz CT molecular complexity index is 1140. The second kappa shape index (κ2) is 10.7. The van der Waals surface area contributed by atoms with Gasteiger partial charge in [0.15, 0.2) is 16.9 Å². The number of fused-ring (bicyclic) bond motifs is 2. The third kappa shape index (κ3) is 4.82. The number of hydrogen-bond acceptors (Lipinski definition) is 6. The molecule has 0 radical (unpaired) electrons. The van der Waals surface area contributed by atoms with Gasteiger partial charge in [-0.25, -0.2) is 4.79 Å². The zero-order valence-corrected chi connectivity index (χ0v) is 21.2. The molecule has 9 heteroatoms. The molecule has 1 fully saturated rings. The van der Waals surface area contributed by atoms with Gasteiger partial charge in [-0.1, -0.05) is 30.3 Å². The molecule has 0 atom stereocenters. The van der Waals surface area contributed by atoms with Crippen molar-refractivity contribution in [1.82, 2.24) is 4.90 Å². The van der Waals surface area contributed by atoms with Crippen molar-refractivity contribution in [3.63, 3.8) is 0 Å². The molecule has 2 aromatic carbocycles. The molecule has 198 valence electrons. The fourth-order valence-corrected chi connectivity index (χ4v) is 5.58. The van der Waals surface area contributed by atoms with Crippen LogP contribution in [0.4, 0.5) is 4.79 Å². The summed E-state index contributed by atoms with van der Waals surface area (Å²) < 4.78 is 17.4. The Hall–Kier alpha value is -3.75. The predicted molar refractivity (Wildman–Crippen MR) is 134 cm³/mol. The molecule has 4 rings (SSSR count). The maximum Gasteiger partial charge on any atom is 0.410 e. The van der Waals surface area contributed by atoms with Crippen LogP contribution < -0.4 is 9.47 Å². The van der Waals surface area contributed by atoms with Crippen LogP contribution in [0.1, 0.15) is 56.2 Å². The van der Waals surface area contributed by atoms with Gasteiger partial charge in [-0.15, -0.1) is 0 Å². The summed E-state index contributed by atoms with van der Waals surface area (Å²) in [7, 11) is 0. The number of hydrogen-bond donors (Lipinski definition) is 2. The highest BCUT2D eigenvalue weighted by atomic mass is 16.6. The standard InChI is InChI=1S/C28H33NO8/c1-3-35-22-16-20-10-15-29(26(34)37-18-19-8-6-5-7-9-19)28(21(20)17-23(22)36-4-2)13-11-27(12-14-28,24(30)31)25(32)33/h5-9,16-17H,3-4,10-15,18H2,1-2H3,(H,30,31)(H,32,33). The molecule has 1 amide bonds. The van der Waals surface area contributed by atoms with E-state index in [2.05, 4.69) is 0 Å². The molecule has 0 aromatic heterocycles. The minimum atomic E-state index is -1.89. The van der Waals surface area contributed by atoms with Crippen molar-refractivity contribution < 1.29 is 38.8 Å². The minimum absolute atomic E-state index is 0.0980. The molecular formula is C28H33NO8. The minimum Gasteiger partial charge on any atom is -0.490 e. The van der Waals surface area contributed by atoms with Crippen LogP contribution in [0.25, 0.3) is 0 Å². The monoisotopic (exact) mass is 511 g/mol. The maximum absolute atomic E-state index is 13.5. The Morgan fingerprint density at radius 3 is 2.05 bits per heavy atom. The van der Waals surface area contributed by atoms with Crippen LogP contribution in [0.3, 0.4) is 0 Å². The van der Waals surface area contributed by atoms with E-state index < -0.39 is 29.0 Å². The molecule has 2 N–H and O–H groups in total. The van der Waals surface area contributed by atoms with Crippen molar-refractivity contribution in [3.05, 3.63) is 59.2 Å². The number of nitrogens with zero attached hydrogens (tertiary/aromatic N) is 1. The zero-order chi connectivity index (χ0) is 26.6. The van der Waals surface area contributed by atoms with Gasteiger partial charge in [-0.3, -0.25) is 14.5 Å². The van der Waals surface area contributed by atoms with Gasteiger partial charge in [-0.2, -0.15) is 0 Å². The largest absolute Gasteiger partial charge is 0.490 e. The number of carboxylic acid groups (broad SMARTS) is 2. The summed E-state index contributed by atoms with van der Waals surface area (Å²) in [4.78, 5) is 39.2. The highest BCUT2D eigenvalue weighted by Gasteiger charge is 2.57. The van der Waals surface area contributed by atoms with Crippen LogP contribution in [0.15, 0.2) is 42.5 Å². The lowest BCUT2D eigenvalue weighted by molar-refractivity contribution is -0.169. The van der Waals surface area contributed by atoms with Gasteiger partial charge >= 0.3 is 18.0 Å². The Labute approximate surface area is 215 Å². The van der Waals surface area contributed by atoms with Crippen LogP contribution in [0, 0.1) is 5.41 Å². The van der Waals surface area contributed by atoms with E-state index in [-0.39, 0.29) is 32.3 Å². The Balaban J connectivity index is 1.74. The molecule has 2 aliphatic rings. The summed E-state index contributed by atoms with van der Waals surface area (Å²) in [6, 6.07) is 13.1. The number of amides is 1. The Morgan fingerprint density at radius 2 is 1.49 bits per heavy atom. The number of rotatable bonds is 8. The molecule has 9 nitrogen and oxygen atoms in total. The highest BCUT2D eigenvalue weighted by molar-refractivity contribution is 5.98. The summed E-state index contributed by atoms with van der Waals surface area (Å²) >= 11 is 0. The molecule has 1 aliphatic heterocycles. The topological polar surface area (TPSA) is 123 Å². The molecule has 1 spiro atoms. The lowest BCUT2D eigenvalue weighted by Gasteiger charge is -2.52. The van der Waals surface area contributed by atoms with Crippen molar-refractivity contribution in [2.45, 2.75) is 58.1 Å². The molecule has 1 heterocycles. The second-order valence-electron chi connectivity index (χ2n) is 9.49. The smallest absolute Gasteiger partial charge is 0.410 e. The summed E-state index contributed by atoms with van der Waals surface area (Å²) in [5, 5.41) is 19.6. The average Bonchev–Trinajstić information content (AvgIpc) is 2.89. The van der Waals surface area contributed by atoms with E-state index in [1.807, 2.05) is 56.3 Å². The predicted octanol–water partition coefficient (Wildman–Crippen LogP) is 4.60. The first-order chi connectivity index (χ1) is 17.8. The number of carbonyl (C=O) groups excluding carboxylic acids is 1. The van der Waals surface area contributed by atoms with Crippen LogP contribution in [0.2, 0.25) is 0 Å². The lowest BCUT2D eigenvalue weighted by Crippen LogP contribution is -2.58. The fourth-order valence-electron chi connectivity index (χ4n) is 5.58. The van der Waals surface area contributed by atoms with Gasteiger partial charge in [0.2, 0.25) is 0 Å². The quantitative estimate of drug-likeness (QED) is 0.493. The number of aliphatic carboxylic acids is 2. The number of carbonyl (C=O) groups is 3. The molecule has 0 bridgehead atoms. The summed E-state index contributed by atoms with van der Waals surface area (Å²) in [6.07, 6.45) is 0.136. The maximum atomic E-state index is 13.5. The number of carboxylic acids is 2. The molecule has 0 unspecified atom stereocenters. The first-order valence-corrected chi connectivity index (χ1v) is 12.7. The van der Waals surface area contributed by atoms with E-state index in [0.717, 1.165) is 16.7 Å². The van der Waals surface area contributed by atoms with Gasteiger partial charge in [0.1, 0.15) is 6.61 Å². The van der Waals surface area contributed by atoms with Crippen molar-refractivity contribution in [3.8, 4) is 11.5 Å². The van der Waals surface area contributed by atoms with E-state index >= 15 is 0 Å². The van der Waals surface area contributed by atoms with Gasteiger partial charge in [0, 0.05) is 6.54 Å². The number of ether oxygens (including phenoxy) is 3. The van der Waals surface area contributed by atoms with Crippen molar-refractivity contribution in [2.75, 3.05) is 19.8 Å². The zero-order valence-electron chi connectivity index (χ0n) is 21.2. The molecule has 2 aromatic rings. The highest BCUT2D eigenvalue weighted by Crippen LogP contribution is 2.53.